The molecule has 0 saturated carbocycles. The molecule has 0 atom stereocenters. The number of nitrogens with zero attached hydrogens (tertiary/aromatic N) is 2. The maximum atomic E-state index is 13.2. The molecule has 0 radical (unpaired) electrons. The van der Waals surface area contributed by atoms with Crippen LogP contribution in [0.5, 0.6) is 0 Å². The van der Waals surface area contributed by atoms with Gasteiger partial charge in [0.05, 0.1) is 18.2 Å². The zero-order chi connectivity index (χ0) is 20.8. The number of aromatic nitrogens is 1. The predicted octanol–water partition coefficient (Wildman–Crippen LogP) is 4.95. The lowest BCUT2D eigenvalue weighted by atomic mass is 9.97. The Balaban J connectivity index is 2.16. The number of rotatable bonds is 7. The third-order valence-electron chi connectivity index (χ3n) is 4.82. The van der Waals surface area contributed by atoms with Gasteiger partial charge in [0.1, 0.15) is 0 Å². The number of hydrogen-bond acceptors (Lipinski definition) is 4. The monoisotopic (exact) mass is 390 g/mol. The number of esters is 1. The van der Waals surface area contributed by atoms with Gasteiger partial charge in [0, 0.05) is 35.8 Å². The fourth-order valence-corrected chi connectivity index (χ4v) is 3.52. The maximum absolute atomic E-state index is 13.2. The third kappa shape index (κ3) is 4.45. The maximum Gasteiger partial charge on any atom is 0.337 e. The molecule has 0 bridgehead atoms. The van der Waals surface area contributed by atoms with Gasteiger partial charge in [-0.25, -0.2) is 4.79 Å². The quantitative estimate of drug-likeness (QED) is 0.536. The van der Waals surface area contributed by atoms with Gasteiger partial charge in [-0.15, -0.1) is 0 Å². The Morgan fingerprint density at radius 2 is 1.66 bits per heavy atom. The third-order valence-corrected chi connectivity index (χ3v) is 4.82. The van der Waals surface area contributed by atoms with Crippen molar-refractivity contribution in [3.05, 3.63) is 65.9 Å². The summed E-state index contributed by atoms with van der Waals surface area (Å²) in [5.74, 6) is -0.541. The van der Waals surface area contributed by atoms with Gasteiger partial charge in [-0.3, -0.25) is 9.78 Å². The minimum absolute atomic E-state index is 0.0751. The van der Waals surface area contributed by atoms with Gasteiger partial charge in [-0.2, -0.15) is 0 Å². The first-order chi connectivity index (χ1) is 14.1. The van der Waals surface area contributed by atoms with Crippen molar-refractivity contribution in [1.29, 1.82) is 0 Å². The fraction of sp³-hybridized carbons (Fsp3) is 0.292. The van der Waals surface area contributed by atoms with Crippen molar-refractivity contribution in [2.75, 3.05) is 20.2 Å². The normalized spacial score (nSPS) is 10.7. The molecule has 3 rings (SSSR count). The Labute approximate surface area is 171 Å². The predicted molar refractivity (Wildman–Crippen MR) is 115 cm³/mol. The summed E-state index contributed by atoms with van der Waals surface area (Å²) < 4.78 is 4.93. The second-order valence-corrected chi connectivity index (χ2v) is 6.96. The molecule has 150 valence electrons. The van der Waals surface area contributed by atoms with Crippen LogP contribution in [0.2, 0.25) is 0 Å². The summed E-state index contributed by atoms with van der Waals surface area (Å²) in [5.41, 5.74) is 3.32. The second kappa shape index (κ2) is 9.32. The fourth-order valence-electron chi connectivity index (χ4n) is 3.52. The molecule has 0 fully saturated rings. The van der Waals surface area contributed by atoms with Gasteiger partial charge in [-0.05, 0) is 42.7 Å². The van der Waals surface area contributed by atoms with Gasteiger partial charge < -0.3 is 9.64 Å². The van der Waals surface area contributed by atoms with Gasteiger partial charge in [-0.1, -0.05) is 38.1 Å². The highest BCUT2D eigenvalue weighted by Crippen LogP contribution is 2.29. The molecule has 2 aromatic carbocycles. The van der Waals surface area contributed by atoms with Gasteiger partial charge in [0.2, 0.25) is 0 Å². The summed E-state index contributed by atoms with van der Waals surface area (Å²) in [6.45, 7) is 5.46. The van der Waals surface area contributed by atoms with Gasteiger partial charge in [0.25, 0.3) is 5.91 Å². The van der Waals surface area contributed by atoms with Crippen LogP contribution in [-0.4, -0.2) is 42.0 Å². The van der Waals surface area contributed by atoms with E-state index in [1.807, 2.05) is 55.1 Å². The molecule has 5 nitrogen and oxygen atoms in total. The van der Waals surface area contributed by atoms with E-state index in [2.05, 4.69) is 4.98 Å². The molecule has 0 saturated heterocycles. The number of carbonyl (C=O) groups excluding carboxylic acids is 2. The average Bonchev–Trinajstić information content (AvgIpc) is 2.77. The van der Waals surface area contributed by atoms with Crippen LogP contribution in [0.15, 0.2) is 54.7 Å². The van der Waals surface area contributed by atoms with Crippen molar-refractivity contribution in [2.45, 2.75) is 26.7 Å². The number of amides is 1. The Morgan fingerprint density at radius 3 is 2.34 bits per heavy atom. The molecule has 0 N–H and O–H groups in total. The van der Waals surface area contributed by atoms with E-state index in [0.29, 0.717) is 24.2 Å². The highest BCUT2D eigenvalue weighted by atomic mass is 16.5. The van der Waals surface area contributed by atoms with Crippen LogP contribution in [0, 0.1) is 0 Å². The number of pyridine rings is 1. The molecule has 0 aliphatic rings. The molecule has 3 aromatic rings. The van der Waals surface area contributed by atoms with Crippen LogP contribution in [-0.2, 0) is 4.74 Å². The summed E-state index contributed by atoms with van der Waals surface area (Å²) in [6.07, 6.45) is 3.50. The Kier molecular flexibility index (Phi) is 6.60. The van der Waals surface area contributed by atoms with E-state index in [4.69, 9.17) is 4.74 Å². The highest BCUT2D eigenvalue weighted by Gasteiger charge is 2.19. The van der Waals surface area contributed by atoms with Crippen molar-refractivity contribution >= 4 is 22.8 Å². The lowest BCUT2D eigenvalue weighted by Gasteiger charge is -2.22. The molecule has 29 heavy (non-hydrogen) atoms. The Morgan fingerprint density at radius 1 is 0.966 bits per heavy atom. The van der Waals surface area contributed by atoms with Crippen LogP contribution in [0.1, 0.15) is 47.4 Å². The van der Waals surface area contributed by atoms with Crippen molar-refractivity contribution < 1.29 is 14.3 Å². The lowest BCUT2D eigenvalue weighted by Crippen LogP contribution is -2.32. The molecular weight excluding hydrogens is 364 g/mol. The standard InChI is InChI=1S/C24H26N2O3/c1-4-12-26(13-5-2)23(27)19-14-18(15-20(16-19)24(28)29-3)21-10-6-8-17-9-7-11-25-22(17)21/h6-11,14-16H,4-5,12-13H2,1-3H3. The van der Waals surface area contributed by atoms with Crippen LogP contribution in [0.4, 0.5) is 0 Å². The number of methoxy groups -OCH3 is 1. The van der Waals surface area contributed by atoms with Gasteiger partial charge in [0.15, 0.2) is 0 Å². The molecule has 0 aliphatic heterocycles. The minimum atomic E-state index is -0.466. The molecule has 0 spiro atoms. The minimum Gasteiger partial charge on any atom is -0.465 e. The van der Waals surface area contributed by atoms with E-state index in [9.17, 15) is 9.59 Å². The van der Waals surface area contributed by atoms with E-state index in [-0.39, 0.29) is 5.91 Å². The van der Waals surface area contributed by atoms with E-state index < -0.39 is 5.97 Å². The van der Waals surface area contributed by atoms with E-state index in [1.165, 1.54) is 7.11 Å². The number of fused-ring (bicyclic) bond motifs is 1. The van der Waals surface area contributed by atoms with Crippen molar-refractivity contribution in [3.8, 4) is 11.1 Å². The van der Waals surface area contributed by atoms with Crippen LogP contribution in [0.3, 0.4) is 0 Å². The lowest BCUT2D eigenvalue weighted by molar-refractivity contribution is 0.0600. The first kappa shape index (κ1) is 20.5. The number of benzene rings is 2. The SMILES string of the molecule is CCCN(CCC)C(=O)c1cc(C(=O)OC)cc(-c2cccc3cccnc23)c1. The molecule has 0 aliphatic carbocycles. The highest BCUT2D eigenvalue weighted by molar-refractivity contribution is 6.02. The van der Waals surface area contributed by atoms with Crippen molar-refractivity contribution in [1.82, 2.24) is 9.88 Å². The van der Waals surface area contributed by atoms with Crippen molar-refractivity contribution in [2.24, 2.45) is 0 Å². The first-order valence-corrected chi connectivity index (χ1v) is 9.95. The first-order valence-electron chi connectivity index (χ1n) is 9.95. The molecule has 0 unspecified atom stereocenters. The van der Waals surface area contributed by atoms with E-state index in [1.54, 1.807) is 18.3 Å². The summed E-state index contributed by atoms with van der Waals surface area (Å²) in [5, 5.41) is 1.000. The second-order valence-electron chi connectivity index (χ2n) is 6.96. The average molecular weight is 390 g/mol. The van der Waals surface area contributed by atoms with Crippen LogP contribution in [0.25, 0.3) is 22.0 Å². The van der Waals surface area contributed by atoms with Crippen LogP contribution >= 0.6 is 0 Å². The largest absolute Gasteiger partial charge is 0.465 e. The summed E-state index contributed by atoms with van der Waals surface area (Å²) in [6, 6.07) is 15.0. The molecule has 1 heterocycles. The van der Waals surface area contributed by atoms with E-state index in [0.717, 1.165) is 34.9 Å². The Bertz CT molecular complexity index is 1020. The van der Waals surface area contributed by atoms with Gasteiger partial charge >= 0.3 is 5.97 Å². The van der Waals surface area contributed by atoms with E-state index >= 15 is 0 Å². The summed E-state index contributed by atoms with van der Waals surface area (Å²) in [4.78, 5) is 31.8. The zero-order valence-corrected chi connectivity index (χ0v) is 17.1. The summed E-state index contributed by atoms with van der Waals surface area (Å²) in [7, 11) is 1.34. The smallest absolute Gasteiger partial charge is 0.337 e. The topological polar surface area (TPSA) is 59.5 Å². The van der Waals surface area contributed by atoms with Crippen LogP contribution < -0.4 is 0 Å². The zero-order valence-electron chi connectivity index (χ0n) is 17.1. The summed E-state index contributed by atoms with van der Waals surface area (Å²) >= 11 is 0. The molecule has 1 amide bonds. The Hall–Kier alpha value is -3.21. The molecule has 1 aromatic heterocycles. The molecular formula is C24H26N2O3. The number of carbonyl (C=O) groups is 2. The number of para-hydroxylation sites is 1. The molecule has 5 heteroatoms. The van der Waals surface area contributed by atoms with Crippen molar-refractivity contribution in [3.63, 3.8) is 0 Å². The number of ether oxygens (including phenoxy) is 1. The number of hydrogen-bond donors (Lipinski definition) is 0.